The molecule has 0 atom stereocenters. The van der Waals surface area contributed by atoms with E-state index in [1.807, 2.05) is 6.92 Å². The Morgan fingerprint density at radius 1 is 1.11 bits per heavy atom. The Morgan fingerprint density at radius 3 is 2.58 bits per heavy atom. The van der Waals surface area contributed by atoms with Crippen molar-refractivity contribution in [1.29, 1.82) is 0 Å². The molecule has 0 saturated heterocycles. The standard InChI is InChI=1S/C18H28O/c1-3-5-7-15-10-12-16(13-11-15)17-8-6-9-18(14-17)19-4-2/h6,8-9,14-16H,3-5,7,10-13H2,1-2H3. The van der Waals surface area contributed by atoms with Crippen LogP contribution in [0.5, 0.6) is 5.75 Å². The van der Waals surface area contributed by atoms with Gasteiger partial charge in [0.05, 0.1) is 6.61 Å². The lowest BCUT2D eigenvalue weighted by atomic mass is 9.77. The molecule has 1 aromatic carbocycles. The molecule has 1 nitrogen and oxygen atoms in total. The number of hydrogen-bond donors (Lipinski definition) is 0. The lowest BCUT2D eigenvalue weighted by molar-refractivity contribution is 0.303. The van der Waals surface area contributed by atoms with Crippen LogP contribution in [0, 0.1) is 5.92 Å². The minimum atomic E-state index is 0.757. The molecule has 0 heterocycles. The summed E-state index contributed by atoms with van der Waals surface area (Å²) in [6.45, 7) is 5.10. The first kappa shape index (κ1) is 14.4. The van der Waals surface area contributed by atoms with Crippen molar-refractivity contribution in [2.75, 3.05) is 6.61 Å². The van der Waals surface area contributed by atoms with E-state index in [1.54, 1.807) is 0 Å². The van der Waals surface area contributed by atoms with Crippen LogP contribution >= 0.6 is 0 Å². The molecule has 1 saturated carbocycles. The van der Waals surface area contributed by atoms with Gasteiger partial charge in [0.15, 0.2) is 0 Å². The smallest absolute Gasteiger partial charge is 0.119 e. The Bertz CT molecular complexity index is 364. The molecule has 0 amide bonds. The van der Waals surface area contributed by atoms with Gasteiger partial charge < -0.3 is 4.74 Å². The van der Waals surface area contributed by atoms with E-state index in [1.165, 1.54) is 50.5 Å². The summed E-state index contributed by atoms with van der Waals surface area (Å²) in [5.74, 6) is 2.79. The number of benzene rings is 1. The second-order valence-electron chi connectivity index (χ2n) is 5.87. The number of ether oxygens (including phenoxy) is 1. The molecule has 1 aliphatic rings. The molecule has 1 heteroatoms. The summed E-state index contributed by atoms with van der Waals surface area (Å²) in [6, 6.07) is 8.74. The fourth-order valence-corrected chi connectivity index (χ4v) is 3.30. The molecule has 0 aromatic heterocycles. The van der Waals surface area contributed by atoms with Crippen LogP contribution in [0.15, 0.2) is 24.3 Å². The number of unbranched alkanes of at least 4 members (excludes halogenated alkanes) is 1. The van der Waals surface area contributed by atoms with Gasteiger partial charge in [-0.15, -0.1) is 0 Å². The molecule has 0 radical (unpaired) electrons. The van der Waals surface area contributed by atoms with Gasteiger partial charge in [0.2, 0.25) is 0 Å². The van der Waals surface area contributed by atoms with Gasteiger partial charge >= 0.3 is 0 Å². The van der Waals surface area contributed by atoms with E-state index < -0.39 is 0 Å². The summed E-state index contributed by atoms with van der Waals surface area (Å²) >= 11 is 0. The maximum atomic E-state index is 5.61. The zero-order chi connectivity index (χ0) is 13.5. The number of rotatable bonds is 6. The van der Waals surface area contributed by atoms with E-state index in [0.29, 0.717) is 0 Å². The Morgan fingerprint density at radius 2 is 1.89 bits per heavy atom. The summed E-state index contributed by atoms with van der Waals surface area (Å²) in [6.07, 6.45) is 9.77. The molecule has 106 valence electrons. The first-order valence-corrected chi connectivity index (χ1v) is 8.06. The van der Waals surface area contributed by atoms with E-state index >= 15 is 0 Å². The zero-order valence-corrected chi connectivity index (χ0v) is 12.5. The van der Waals surface area contributed by atoms with Crippen LogP contribution in [0.25, 0.3) is 0 Å². The van der Waals surface area contributed by atoms with Crippen LogP contribution in [0.2, 0.25) is 0 Å². The Labute approximate surface area is 118 Å². The SMILES string of the molecule is CCCCC1CCC(c2cccc(OCC)c2)CC1. The van der Waals surface area contributed by atoms with E-state index in [2.05, 4.69) is 31.2 Å². The maximum absolute atomic E-state index is 5.61. The average molecular weight is 260 g/mol. The first-order chi connectivity index (χ1) is 9.33. The summed E-state index contributed by atoms with van der Waals surface area (Å²) < 4.78 is 5.61. The minimum Gasteiger partial charge on any atom is -0.494 e. The largest absolute Gasteiger partial charge is 0.494 e. The quantitative estimate of drug-likeness (QED) is 0.651. The van der Waals surface area contributed by atoms with Crippen molar-refractivity contribution in [3.8, 4) is 5.75 Å². The minimum absolute atomic E-state index is 0.757. The molecule has 1 aromatic rings. The van der Waals surface area contributed by atoms with Crippen molar-refractivity contribution >= 4 is 0 Å². The van der Waals surface area contributed by atoms with Crippen LogP contribution in [-0.4, -0.2) is 6.61 Å². The van der Waals surface area contributed by atoms with Gasteiger partial charge in [-0.25, -0.2) is 0 Å². The van der Waals surface area contributed by atoms with Crippen molar-refractivity contribution in [2.45, 2.75) is 64.7 Å². The summed E-state index contributed by atoms with van der Waals surface area (Å²) in [4.78, 5) is 0. The van der Waals surface area contributed by atoms with Crippen LogP contribution < -0.4 is 4.74 Å². The molecule has 0 bridgehead atoms. The van der Waals surface area contributed by atoms with Crippen molar-refractivity contribution in [2.24, 2.45) is 5.92 Å². The van der Waals surface area contributed by atoms with Crippen LogP contribution in [-0.2, 0) is 0 Å². The van der Waals surface area contributed by atoms with Crippen molar-refractivity contribution in [3.05, 3.63) is 29.8 Å². The van der Waals surface area contributed by atoms with Crippen LogP contribution in [0.1, 0.15) is 70.3 Å². The van der Waals surface area contributed by atoms with Gasteiger partial charge in [-0.1, -0.05) is 38.3 Å². The summed E-state index contributed by atoms with van der Waals surface area (Å²) in [5, 5.41) is 0. The van der Waals surface area contributed by atoms with Gasteiger partial charge in [-0.3, -0.25) is 0 Å². The molecule has 0 aliphatic heterocycles. The van der Waals surface area contributed by atoms with Crippen molar-refractivity contribution < 1.29 is 4.74 Å². The highest BCUT2D eigenvalue weighted by molar-refractivity contribution is 5.31. The monoisotopic (exact) mass is 260 g/mol. The van der Waals surface area contributed by atoms with E-state index in [4.69, 9.17) is 4.74 Å². The molecule has 0 spiro atoms. The fourth-order valence-electron chi connectivity index (χ4n) is 3.30. The maximum Gasteiger partial charge on any atom is 0.119 e. The second-order valence-corrected chi connectivity index (χ2v) is 5.87. The third-order valence-corrected chi connectivity index (χ3v) is 4.45. The molecular formula is C18H28O. The lowest BCUT2D eigenvalue weighted by Gasteiger charge is -2.29. The Hall–Kier alpha value is -0.980. The molecule has 1 aliphatic carbocycles. The van der Waals surface area contributed by atoms with Gasteiger partial charge in [0.25, 0.3) is 0 Å². The highest BCUT2D eigenvalue weighted by Crippen LogP contribution is 2.38. The number of hydrogen-bond acceptors (Lipinski definition) is 1. The lowest BCUT2D eigenvalue weighted by Crippen LogP contribution is -2.13. The third kappa shape index (κ3) is 4.26. The highest BCUT2D eigenvalue weighted by Gasteiger charge is 2.22. The second kappa shape index (κ2) is 7.57. The fraction of sp³-hybridized carbons (Fsp3) is 0.667. The van der Waals surface area contributed by atoms with Gasteiger partial charge in [0, 0.05) is 0 Å². The zero-order valence-electron chi connectivity index (χ0n) is 12.5. The molecule has 2 rings (SSSR count). The van der Waals surface area contributed by atoms with Crippen molar-refractivity contribution in [3.63, 3.8) is 0 Å². The third-order valence-electron chi connectivity index (χ3n) is 4.45. The Balaban J connectivity index is 1.88. The molecule has 0 N–H and O–H groups in total. The average Bonchev–Trinajstić information content (AvgIpc) is 2.46. The molecule has 1 fully saturated rings. The van der Waals surface area contributed by atoms with Gasteiger partial charge in [0.1, 0.15) is 5.75 Å². The van der Waals surface area contributed by atoms with Gasteiger partial charge in [-0.2, -0.15) is 0 Å². The van der Waals surface area contributed by atoms with E-state index in [9.17, 15) is 0 Å². The molecule has 0 unspecified atom stereocenters. The first-order valence-electron chi connectivity index (χ1n) is 8.06. The van der Waals surface area contributed by atoms with Crippen LogP contribution in [0.3, 0.4) is 0 Å². The van der Waals surface area contributed by atoms with Crippen molar-refractivity contribution in [1.82, 2.24) is 0 Å². The predicted molar refractivity (Wildman–Crippen MR) is 81.8 cm³/mol. The summed E-state index contributed by atoms with van der Waals surface area (Å²) in [7, 11) is 0. The topological polar surface area (TPSA) is 9.23 Å². The highest BCUT2D eigenvalue weighted by atomic mass is 16.5. The summed E-state index contributed by atoms with van der Waals surface area (Å²) in [5.41, 5.74) is 1.49. The van der Waals surface area contributed by atoms with E-state index in [0.717, 1.165) is 24.2 Å². The van der Waals surface area contributed by atoms with Gasteiger partial charge in [-0.05, 0) is 62.1 Å². The normalized spacial score (nSPS) is 23.3. The van der Waals surface area contributed by atoms with Crippen LogP contribution in [0.4, 0.5) is 0 Å². The van der Waals surface area contributed by atoms with E-state index in [-0.39, 0.29) is 0 Å². The molecular weight excluding hydrogens is 232 g/mol. The molecule has 19 heavy (non-hydrogen) atoms. The predicted octanol–water partition coefficient (Wildman–Crippen LogP) is 5.55. The Kier molecular flexibility index (Phi) is 5.75.